The topological polar surface area (TPSA) is 61.4 Å². The quantitative estimate of drug-likeness (QED) is 0.789. The Balaban J connectivity index is 1.69. The van der Waals surface area contributed by atoms with Gasteiger partial charge in [-0.05, 0) is 43.0 Å². The Labute approximate surface area is 140 Å². The molecule has 22 heavy (non-hydrogen) atoms. The normalized spacial score (nSPS) is 22.9. The fraction of sp³-hybridized carbons (Fsp3) is 0.562. The highest BCUT2D eigenvalue weighted by Crippen LogP contribution is 2.37. The molecule has 0 aromatic heterocycles. The van der Waals surface area contributed by atoms with Gasteiger partial charge in [-0.2, -0.15) is 0 Å². The van der Waals surface area contributed by atoms with Crippen LogP contribution in [-0.4, -0.2) is 29.0 Å². The molecule has 6 heteroatoms. The zero-order valence-electron chi connectivity index (χ0n) is 12.4. The summed E-state index contributed by atoms with van der Waals surface area (Å²) in [5, 5.41) is 16.3. The fourth-order valence-electron chi connectivity index (χ4n) is 3.32. The number of halogens is 1. The first-order valence-electron chi connectivity index (χ1n) is 7.74. The van der Waals surface area contributed by atoms with Gasteiger partial charge in [-0.1, -0.05) is 24.4 Å². The number of carbonyl (C=O) groups excluding carboxylic acids is 1. The molecule has 1 fully saturated rings. The molecule has 2 aliphatic rings. The van der Waals surface area contributed by atoms with E-state index in [0.717, 1.165) is 43.4 Å². The minimum atomic E-state index is -0.440. The minimum absolute atomic E-state index is 0.00333. The zero-order valence-corrected chi connectivity index (χ0v) is 14.0. The molecule has 0 radical (unpaired) electrons. The van der Waals surface area contributed by atoms with Crippen LogP contribution in [-0.2, 0) is 0 Å². The molecule has 3 rings (SSSR count). The van der Waals surface area contributed by atoms with Gasteiger partial charge in [-0.3, -0.25) is 0 Å². The van der Waals surface area contributed by atoms with Crippen LogP contribution < -0.4 is 10.6 Å². The number of hydrogen-bond acceptors (Lipinski definition) is 3. The summed E-state index contributed by atoms with van der Waals surface area (Å²) in [4.78, 5) is 13.5. The van der Waals surface area contributed by atoms with Crippen molar-refractivity contribution in [2.75, 3.05) is 12.4 Å². The molecule has 1 saturated carbocycles. The van der Waals surface area contributed by atoms with E-state index in [2.05, 4.69) is 10.6 Å². The van der Waals surface area contributed by atoms with E-state index in [0.29, 0.717) is 5.02 Å². The number of amides is 2. The van der Waals surface area contributed by atoms with Gasteiger partial charge in [0, 0.05) is 15.7 Å². The molecule has 2 amide bonds. The summed E-state index contributed by atoms with van der Waals surface area (Å²) in [6.45, 7) is 0.00333. The predicted octanol–water partition coefficient (Wildman–Crippen LogP) is 3.48. The smallest absolute Gasteiger partial charge is 0.315 e. The van der Waals surface area contributed by atoms with E-state index in [1.54, 1.807) is 11.8 Å². The highest BCUT2D eigenvalue weighted by atomic mass is 35.5. The van der Waals surface area contributed by atoms with E-state index in [4.69, 9.17) is 11.6 Å². The lowest BCUT2D eigenvalue weighted by Crippen LogP contribution is -2.53. The molecule has 0 spiro atoms. The predicted molar refractivity (Wildman–Crippen MR) is 89.5 cm³/mol. The van der Waals surface area contributed by atoms with Crippen molar-refractivity contribution in [2.24, 2.45) is 0 Å². The molecular weight excluding hydrogens is 320 g/mol. The third-order valence-corrected chi connectivity index (χ3v) is 5.92. The van der Waals surface area contributed by atoms with Gasteiger partial charge in [0.05, 0.1) is 18.2 Å². The van der Waals surface area contributed by atoms with E-state index < -0.39 is 5.54 Å². The van der Waals surface area contributed by atoms with Crippen molar-refractivity contribution in [2.45, 2.75) is 48.6 Å². The second-order valence-electron chi connectivity index (χ2n) is 6.12. The third kappa shape index (κ3) is 3.36. The van der Waals surface area contributed by atoms with Crippen molar-refractivity contribution in [3.63, 3.8) is 0 Å². The molecule has 1 aliphatic carbocycles. The SMILES string of the molecule is O=C(NC1CCSc2ccc(Cl)cc21)NC1(CO)CCCC1. The Hall–Kier alpha value is -0.910. The van der Waals surface area contributed by atoms with Crippen molar-refractivity contribution in [3.8, 4) is 0 Å². The Bertz CT molecular complexity index is 561. The van der Waals surface area contributed by atoms with Crippen LogP contribution in [0.3, 0.4) is 0 Å². The Morgan fingerprint density at radius 3 is 2.91 bits per heavy atom. The largest absolute Gasteiger partial charge is 0.394 e. The number of aliphatic hydroxyl groups excluding tert-OH is 1. The molecule has 3 N–H and O–H groups in total. The molecule has 1 unspecified atom stereocenters. The summed E-state index contributed by atoms with van der Waals surface area (Å²) in [6, 6.07) is 5.62. The summed E-state index contributed by atoms with van der Waals surface area (Å²) >= 11 is 7.88. The molecular formula is C16H21ClN2O2S. The molecule has 1 aliphatic heterocycles. The van der Waals surface area contributed by atoms with Gasteiger partial charge in [0.1, 0.15) is 0 Å². The monoisotopic (exact) mass is 340 g/mol. The van der Waals surface area contributed by atoms with Gasteiger partial charge in [-0.25, -0.2) is 4.79 Å². The lowest BCUT2D eigenvalue weighted by molar-refractivity contribution is 0.161. The lowest BCUT2D eigenvalue weighted by atomic mass is 9.99. The van der Waals surface area contributed by atoms with E-state index in [1.165, 1.54) is 4.90 Å². The standard InChI is InChI=1S/C16H21ClN2O2S/c17-11-3-4-14-12(9-11)13(5-8-22-14)18-15(21)19-16(10-20)6-1-2-7-16/h3-4,9,13,20H,1-2,5-8,10H2,(H2,18,19,21). The Morgan fingerprint density at radius 2 is 2.18 bits per heavy atom. The number of carbonyl (C=O) groups is 1. The molecule has 1 aromatic rings. The van der Waals surface area contributed by atoms with Crippen LogP contribution in [0, 0.1) is 0 Å². The number of rotatable bonds is 3. The van der Waals surface area contributed by atoms with E-state index in [-0.39, 0.29) is 18.7 Å². The second kappa shape index (κ2) is 6.69. The van der Waals surface area contributed by atoms with Crippen molar-refractivity contribution in [1.82, 2.24) is 10.6 Å². The van der Waals surface area contributed by atoms with Crippen LogP contribution in [0.4, 0.5) is 4.79 Å². The molecule has 120 valence electrons. The van der Waals surface area contributed by atoms with Crippen molar-refractivity contribution >= 4 is 29.4 Å². The van der Waals surface area contributed by atoms with Crippen LogP contribution in [0.1, 0.15) is 43.7 Å². The molecule has 4 nitrogen and oxygen atoms in total. The summed E-state index contributed by atoms with van der Waals surface area (Å²) < 4.78 is 0. The number of hydrogen-bond donors (Lipinski definition) is 3. The number of nitrogens with one attached hydrogen (secondary N) is 2. The summed E-state index contributed by atoms with van der Waals surface area (Å²) in [7, 11) is 0. The van der Waals surface area contributed by atoms with Crippen molar-refractivity contribution in [3.05, 3.63) is 28.8 Å². The van der Waals surface area contributed by atoms with Gasteiger partial charge < -0.3 is 15.7 Å². The number of urea groups is 1. The molecule has 1 heterocycles. The molecule has 1 atom stereocenters. The van der Waals surface area contributed by atoms with Crippen LogP contribution in [0.15, 0.2) is 23.1 Å². The van der Waals surface area contributed by atoms with Crippen LogP contribution in [0.25, 0.3) is 0 Å². The minimum Gasteiger partial charge on any atom is -0.394 e. The van der Waals surface area contributed by atoms with Gasteiger partial charge in [-0.15, -0.1) is 11.8 Å². The first-order chi connectivity index (χ1) is 10.6. The number of fused-ring (bicyclic) bond motifs is 1. The van der Waals surface area contributed by atoms with Crippen LogP contribution in [0.5, 0.6) is 0 Å². The van der Waals surface area contributed by atoms with E-state index in [9.17, 15) is 9.90 Å². The maximum atomic E-state index is 12.4. The molecule has 0 saturated heterocycles. The summed E-state index contributed by atoms with van der Waals surface area (Å²) in [5.41, 5.74) is 0.647. The van der Waals surface area contributed by atoms with Gasteiger partial charge >= 0.3 is 6.03 Å². The zero-order chi connectivity index (χ0) is 15.6. The average Bonchev–Trinajstić information content (AvgIpc) is 2.97. The Kier molecular flexibility index (Phi) is 4.85. The molecule has 1 aromatic carbocycles. The molecule has 0 bridgehead atoms. The number of thioether (sulfide) groups is 1. The number of benzene rings is 1. The van der Waals surface area contributed by atoms with Gasteiger partial charge in [0.15, 0.2) is 0 Å². The third-order valence-electron chi connectivity index (χ3n) is 4.56. The van der Waals surface area contributed by atoms with Crippen molar-refractivity contribution in [1.29, 1.82) is 0 Å². The first kappa shape index (κ1) is 16.0. The number of aliphatic hydroxyl groups is 1. The fourth-order valence-corrected chi connectivity index (χ4v) is 4.61. The van der Waals surface area contributed by atoms with E-state index >= 15 is 0 Å². The van der Waals surface area contributed by atoms with Crippen LogP contribution in [0.2, 0.25) is 5.02 Å². The lowest BCUT2D eigenvalue weighted by Gasteiger charge is -2.31. The van der Waals surface area contributed by atoms with E-state index in [1.807, 2.05) is 18.2 Å². The highest BCUT2D eigenvalue weighted by molar-refractivity contribution is 7.99. The first-order valence-corrected chi connectivity index (χ1v) is 9.10. The maximum Gasteiger partial charge on any atom is 0.315 e. The van der Waals surface area contributed by atoms with Gasteiger partial charge in [0.25, 0.3) is 0 Å². The second-order valence-corrected chi connectivity index (χ2v) is 7.69. The Morgan fingerprint density at radius 1 is 1.41 bits per heavy atom. The van der Waals surface area contributed by atoms with Crippen LogP contribution >= 0.6 is 23.4 Å². The average molecular weight is 341 g/mol. The van der Waals surface area contributed by atoms with Gasteiger partial charge in [0.2, 0.25) is 0 Å². The van der Waals surface area contributed by atoms with Crippen molar-refractivity contribution < 1.29 is 9.90 Å². The maximum absolute atomic E-state index is 12.4. The summed E-state index contributed by atoms with van der Waals surface area (Å²) in [6.07, 6.45) is 4.69. The highest BCUT2D eigenvalue weighted by Gasteiger charge is 2.35. The summed E-state index contributed by atoms with van der Waals surface area (Å²) in [5.74, 6) is 0.977.